The lowest BCUT2D eigenvalue weighted by Gasteiger charge is -2.05. The molecule has 0 aliphatic rings. The Balaban J connectivity index is 2.07. The summed E-state index contributed by atoms with van der Waals surface area (Å²) < 4.78 is 0. The normalized spacial score (nSPS) is 10.7. The first kappa shape index (κ1) is 12.2. The first-order valence-electron chi connectivity index (χ1n) is 6.87. The van der Waals surface area contributed by atoms with Gasteiger partial charge in [0, 0.05) is 5.56 Å². The number of hydrogen-bond donors (Lipinski definition) is 0. The van der Waals surface area contributed by atoms with E-state index in [0.717, 1.165) is 5.56 Å². The van der Waals surface area contributed by atoms with Crippen LogP contribution in [0.25, 0.3) is 32.3 Å². The zero-order valence-corrected chi connectivity index (χ0v) is 12.4. The van der Waals surface area contributed by atoms with Crippen LogP contribution in [0.3, 0.4) is 0 Å². The number of rotatable bonds is 0. The van der Waals surface area contributed by atoms with Gasteiger partial charge in [-0.25, -0.2) is 0 Å². The number of fused-ring (bicyclic) bond motifs is 3. The highest BCUT2D eigenvalue weighted by Crippen LogP contribution is 2.27. The van der Waals surface area contributed by atoms with Gasteiger partial charge in [0.05, 0.1) is 0 Å². The average molecular weight is 279 g/mol. The molecule has 0 aliphatic heterocycles. The van der Waals surface area contributed by atoms with E-state index < -0.39 is 0 Å². The fourth-order valence-corrected chi connectivity index (χ4v) is 2.99. The second kappa shape index (κ2) is 4.77. The van der Waals surface area contributed by atoms with Crippen LogP contribution in [0.5, 0.6) is 0 Å². The van der Waals surface area contributed by atoms with E-state index in [-0.39, 0.29) is 0 Å². The maximum Gasteiger partial charge on any atom is 0.147 e. The first-order chi connectivity index (χ1) is 10.3. The van der Waals surface area contributed by atoms with Crippen molar-refractivity contribution in [3.05, 3.63) is 72.3 Å². The molecular weight excluding hydrogens is 268 g/mol. The standard InChI is InChI=1S/C20H11Si/c21-8-7-14-5-6-17-12-19-10-15-3-1-2-4-16(15)11-20(19)13-18(17)9-14/h1-6,9-13H. The van der Waals surface area contributed by atoms with Crippen LogP contribution in [0.15, 0.2) is 66.7 Å². The Morgan fingerprint density at radius 1 is 0.571 bits per heavy atom. The van der Waals surface area contributed by atoms with Crippen LogP contribution in [0.4, 0.5) is 0 Å². The lowest BCUT2D eigenvalue weighted by Crippen LogP contribution is -1.80. The minimum atomic E-state index is 1.03. The molecule has 0 heterocycles. The van der Waals surface area contributed by atoms with Crippen LogP contribution in [0, 0.1) is 11.5 Å². The predicted octanol–water partition coefficient (Wildman–Crippen LogP) is 4.62. The molecule has 0 fully saturated rings. The van der Waals surface area contributed by atoms with Crippen LogP contribution >= 0.6 is 0 Å². The van der Waals surface area contributed by atoms with Crippen molar-refractivity contribution in [2.45, 2.75) is 0 Å². The van der Waals surface area contributed by atoms with E-state index in [2.05, 4.69) is 88.4 Å². The number of benzene rings is 4. The quantitative estimate of drug-likeness (QED) is 0.250. The highest BCUT2D eigenvalue weighted by Gasteiger charge is 2.01. The summed E-state index contributed by atoms with van der Waals surface area (Å²) in [5.74, 6) is 3.04. The summed E-state index contributed by atoms with van der Waals surface area (Å²) in [5.41, 5.74) is 3.79. The molecule has 0 aromatic heterocycles. The minimum Gasteiger partial charge on any atom is -0.133 e. The van der Waals surface area contributed by atoms with Gasteiger partial charge < -0.3 is 0 Å². The fourth-order valence-electron chi connectivity index (χ4n) is 2.84. The molecule has 0 saturated carbocycles. The van der Waals surface area contributed by atoms with Gasteiger partial charge in [-0.2, -0.15) is 0 Å². The second-order valence-electron chi connectivity index (χ2n) is 5.21. The Morgan fingerprint density at radius 2 is 1.10 bits per heavy atom. The third-order valence-electron chi connectivity index (χ3n) is 3.87. The van der Waals surface area contributed by atoms with Crippen LogP contribution in [0.1, 0.15) is 5.56 Å². The second-order valence-corrected chi connectivity index (χ2v) is 5.46. The van der Waals surface area contributed by atoms with Gasteiger partial charge in [-0.3, -0.25) is 0 Å². The molecule has 4 aromatic carbocycles. The van der Waals surface area contributed by atoms with Crippen molar-refractivity contribution < 1.29 is 0 Å². The lowest BCUT2D eigenvalue weighted by molar-refractivity contribution is 1.72. The summed E-state index contributed by atoms with van der Waals surface area (Å²) in [4.78, 5) is 0. The third kappa shape index (κ3) is 2.10. The third-order valence-corrected chi connectivity index (χ3v) is 3.99. The van der Waals surface area contributed by atoms with Crippen molar-refractivity contribution in [3.8, 4) is 11.5 Å². The van der Waals surface area contributed by atoms with E-state index in [0.29, 0.717) is 0 Å². The van der Waals surface area contributed by atoms with Crippen LogP contribution in [0.2, 0.25) is 0 Å². The zero-order chi connectivity index (χ0) is 14.2. The Morgan fingerprint density at radius 3 is 1.71 bits per heavy atom. The molecule has 95 valence electrons. The first-order valence-corrected chi connectivity index (χ1v) is 7.37. The van der Waals surface area contributed by atoms with Crippen molar-refractivity contribution in [2.24, 2.45) is 0 Å². The average Bonchev–Trinajstić information content (AvgIpc) is 2.51. The summed E-state index contributed by atoms with van der Waals surface area (Å²) in [5, 5.41) is 7.58. The summed E-state index contributed by atoms with van der Waals surface area (Å²) in [6, 6.07) is 23.8. The molecular formula is C20H11Si. The van der Waals surface area contributed by atoms with Gasteiger partial charge in [0.15, 0.2) is 0 Å². The molecule has 0 nitrogen and oxygen atoms in total. The Labute approximate surface area is 126 Å². The van der Waals surface area contributed by atoms with Gasteiger partial charge in [0.2, 0.25) is 0 Å². The lowest BCUT2D eigenvalue weighted by atomic mass is 9.99. The molecule has 21 heavy (non-hydrogen) atoms. The maximum atomic E-state index is 3.20. The summed E-state index contributed by atoms with van der Waals surface area (Å²) >= 11 is 0. The highest BCUT2D eigenvalue weighted by atomic mass is 28.1. The van der Waals surface area contributed by atoms with Crippen molar-refractivity contribution in [1.82, 2.24) is 0 Å². The molecule has 0 atom stereocenters. The molecule has 0 bridgehead atoms. The molecule has 0 N–H and O–H groups in total. The number of hydrogen-bond acceptors (Lipinski definition) is 0. The fraction of sp³-hybridized carbons (Fsp3) is 0. The molecule has 3 radical (unpaired) electrons. The van der Waals surface area contributed by atoms with Crippen molar-refractivity contribution in [2.75, 3.05) is 0 Å². The van der Waals surface area contributed by atoms with Crippen molar-refractivity contribution in [1.29, 1.82) is 0 Å². The largest absolute Gasteiger partial charge is 0.147 e. The minimum absolute atomic E-state index is 1.03. The molecule has 0 spiro atoms. The molecule has 4 aromatic rings. The van der Waals surface area contributed by atoms with E-state index in [4.69, 9.17) is 0 Å². The van der Waals surface area contributed by atoms with Crippen molar-refractivity contribution in [3.63, 3.8) is 0 Å². The van der Waals surface area contributed by atoms with Gasteiger partial charge in [-0.15, -0.1) is 5.54 Å². The van der Waals surface area contributed by atoms with Gasteiger partial charge in [-0.05, 0) is 68.7 Å². The molecule has 0 aliphatic carbocycles. The van der Waals surface area contributed by atoms with E-state index in [9.17, 15) is 0 Å². The predicted molar refractivity (Wildman–Crippen MR) is 91.6 cm³/mol. The topological polar surface area (TPSA) is 0 Å². The van der Waals surface area contributed by atoms with E-state index in [1.165, 1.54) is 32.3 Å². The Kier molecular flexibility index (Phi) is 2.77. The van der Waals surface area contributed by atoms with Crippen molar-refractivity contribution >= 4 is 42.6 Å². The SMILES string of the molecule is [Si]C#Cc1ccc2cc3cc4ccccc4cc3cc2c1. The monoisotopic (exact) mass is 279 g/mol. The highest BCUT2D eigenvalue weighted by molar-refractivity contribution is 6.22. The summed E-state index contributed by atoms with van der Waals surface area (Å²) in [6.07, 6.45) is 0. The van der Waals surface area contributed by atoms with E-state index >= 15 is 0 Å². The van der Waals surface area contributed by atoms with Crippen LogP contribution < -0.4 is 0 Å². The summed E-state index contributed by atoms with van der Waals surface area (Å²) in [7, 11) is 3.20. The van der Waals surface area contributed by atoms with Gasteiger partial charge in [0.25, 0.3) is 0 Å². The molecule has 4 rings (SSSR count). The Bertz CT molecular complexity index is 1050. The van der Waals surface area contributed by atoms with Gasteiger partial charge in [0.1, 0.15) is 10.2 Å². The van der Waals surface area contributed by atoms with E-state index in [1.807, 2.05) is 0 Å². The molecule has 0 unspecified atom stereocenters. The maximum absolute atomic E-state index is 3.20. The molecule has 0 saturated heterocycles. The zero-order valence-electron chi connectivity index (χ0n) is 11.4. The molecule has 0 amide bonds. The van der Waals surface area contributed by atoms with E-state index in [1.54, 1.807) is 0 Å². The Hall–Kier alpha value is -2.56. The van der Waals surface area contributed by atoms with Crippen LogP contribution in [-0.2, 0) is 0 Å². The summed E-state index contributed by atoms with van der Waals surface area (Å²) in [6.45, 7) is 0. The smallest absolute Gasteiger partial charge is 0.133 e. The van der Waals surface area contributed by atoms with Gasteiger partial charge in [-0.1, -0.05) is 36.3 Å². The molecule has 1 heteroatoms. The van der Waals surface area contributed by atoms with Crippen LogP contribution in [-0.4, -0.2) is 10.2 Å². The van der Waals surface area contributed by atoms with Gasteiger partial charge >= 0.3 is 0 Å².